The number of benzene rings is 1. The van der Waals surface area contributed by atoms with Crippen LogP contribution in [0.3, 0.4) is 0 Å². The lowest BCUT2D eigenvalue weighted by Gasteiger charge is -2.35. The van der Waals surface area contributed by atoms with Gasteiger partial charge >= 0.3 is 0 Å². The zero-order chi connectivity index (χ0) is 20.0. The second-order valence-corrected chi connectivity index (χ2v) is 9.04. The van der Waals surface area contributed by atoms with Gasteiger partial charge in [-0.1, -0.05) is 12.1 Å². The molecular formula is C22H25ClN6. The van der Waals surface area contributed by atoms with Crippen LogP contribution in [0.1, 0.15) is 65.8 Å². The first-order valence-electron chi connectivity index (χ1n) is 10.3. The zero-order valence-electron chi connectivity index (χ0n) is 16.8. The highest BCUT2D eigenvalue weighted by Gasteiger charge is 2.37. The summed E-state index contributed by atoms with van der Waals surface area (Å²) < 4.78 is 2.06. The van der Waals surface area contributed by atoms with Crippen molar-refractivity contribution in [1.82, 2.24) is 30.0 Å². The zero-order valence-corrected chi connectivity index (χ0v) is 17.6. The molecule has 150 valence electrons. The van der Waals surface area contributed by atoms with Gasteiger partial charge in [-0.3, -0.25) is 4.57 Å². The number of fused-ring (bicyclic) bond motifs is 3. The standard InChI is InChI=1S/C22H25ClN6/c1-14-9-15(2)27-21(26-14)16-5-7-22(23,8-6-16)18-3-4-19-17(10-18)11-24-12-20-28-25-13-29(19)20/h3-4,9-10,13,16,24H,5-8,11-12H2,1-2H3. The number of aromatic nitrogens is 5. The molecule has 0 atom stereocenters. The van der Waals surface area contributed by atoms with E-state index in [0.29, 0.717) is 12.5 Å². The van der Waals surface area contributed by atoms with E-state index in [1.165, 1.54) is 11.1 Å². The summed E-state index contributed by atoms with van der Waals surface area (Å²) in [4.78, 5) is 9.04. The van der Waals surface area contributed by atoms with Gasteiger partial charge in [0.15, 0.2) is 5.82 Å². The molecule has 1 aliphatic carbocycles. The van der Waals surface area contributed by atoms with Gasteiger partial charge in [-0.15, -0.1) is 21.8 Å². The van der Waals surface area contributed by atoms with Crippen molar-refractivity contribution in [2.45, 2.75) is 63.4 Å². The minimum absolute atomic E-state index is 0.327. The summed E-state index contributed by atoms with van der Waals surface area (Å²) in [5.74, 6) is 2.31. The topological polar surface area (TPSA) is 68.5 Å². The number of nitrogens with zero attached hydrogens (tertiary/aromatic N) is 5. The van der Waals surface area contributed by atoms with Crippen LogP contribution in [0.15, 0.2) is 30.6 Å². The maximum absolute atomic E-state index is 7.19. The quantitative estimate of drug-likeness (QED) is 0.647. The summed E-state index contributed by atoms with van der Waals surface area (Å²) in [5.41, 5.74) is 5.66. The summed E-state index contributed by atoms with van der Waals surface area (Å²) in [5, 5.41) is 11.7. The Hall–Kier alpha value is -2.31. The van der Waals surface area contributed by atoms with Crippen molar-refractivity contribution in [2.75, 3.05) is 0 Å². The van der Waals surface area contributed by atoms with Crippen LogP contribution in [0.25, 0.3) is 5.69 Å². The van der Waals surface area contributed by atoms with Gasteiger partial charge in [-0.05, 0) is 62.8 Å². The van der Waals surface area contributed by atoms with Gasteiger partial charge in [0.1, 0.15) is 12.2 Å². The highest BCUT2D eigenvalue weighted by Crippen LogP contribution is 2.47. The van der Waals surface area contributed by atoms with Crippen LogP contribution in [0, 0.1) is 13.8 Å². The van der Waals surface area contributed by atoms with Crippen LogP contribution in [0.2, 0.25) is 0 Å². The van der Waals surface area contributed by atoms with E-state index in [2.05, 4.69) is 48.2 Å². The van der Waals surface area contributed by atoms with Gasteiger partial charge in [-0.25, -0.2) is 9.97 Å². The van der Waals surface area contributed by atoms with Gasteiger partial charge in [-0.2, -0.15) is 0 Å². The van der Waals surface area contributed by atoms with Crippen LogP contribution < -0.4 is 5.32 Å². The van der Waals surface area contributed by atoms with Gasteiger partial charge in [0.2, 0.25) is 0 Å². The van der Waals surface area contributed by atoms with Gasteiger partial charge in [0.25, 0.3) is 0 Å². The molecule has 1 N–H and O–H groups in total. The first kappa shape index (κ1) is 18.7. The monoisotopic (exact) mass is 408 g/mol. The third-order valence-corrected chi connectivity index (χ3v) is 6.81. The smallest absolute Gasteiger partial charge is 0.151 e. The second kappa shape index (κ2) is 7.18. The van der Waals surface area contributed by atoms with Crippen molar-refractivity contribution in [2.24, 2.45) is 0 Å². The van der Waals surface area contributed by atoms with Crippen LogP contribution in [0.4, 0.5) is 0 Å². The molecule has 0 saturated heterocycles. The average molecular weight is 409 g/mol. The molecule has 3 aromatic rings. The Balaban J connectivity index is 1.39. The van der Waals surface area contributed by atoms with Crippen LogP contribution >= 0.6 is 11.6 Å². The van der Waals surface area contributed by atoms with Crippen LogP contribution in [0.5, 0.6) is 0 Å². The molecule has 0 bridgehead atoms. The Morgan fingerprint density at radius 1 is 1.07 bits per heavy atom. The number of hydrogen-bond acceptors (Lipinski definition) is 5. The molecular weight excluding hydrogens is 384 g/mol. The van der Waals surface area contributed by atoms with Crippen molar-refractivity contribution in [1.29, 1.82) is 0 Å². The molecule has 0 spiro atoms. The highest BCUT2D eigenvalue weighted by atomic mass is 35.5. The van der Waals surface area contributed by atoms with E-state index in [0.717, 1.165) is 61.0 Å². The van der Waals surface area contributed by atoms with E-state index in [1.807, 2.05) is 19.9 Å². The van der Waals surface area contributed by atoms with E-state index in [1.54, 1.807) is 6.33 Å². The summed E-state index contributed by atoms with van der Waals surface area (Å²) in [6.07, 6.45) is 5.67. The Bertz CT molecular complexity index is 1030. The average Bonchev–Trinajstić information content (AvgIpc) is 3.09. The first-order chi connectivity index (χ1) is 14.0. The number of hydrogen-bond donors (Lipinski definition) is 1. The number of nitrogens with one attached hydrogen (secondary N) is 1. The summed E-state index contributed by atoms with van der Waals surface area (Å²) in [7, 11) is 0. The second-order valence-electron chi connectivity index (χ2n) is 8.31. The lowest BCUT2D eigenvalue weighted by Crippen LogP contribution is -2.27. The Labute approximate surface area is 175 Å². The predicted molar refractivity (Wildman–Crippen MR) is 112 cm³/mol. The van der Waals surface area contributed by atoms with E-state index in [4.69, 9.17) is 11.6 Å². The van der Waals surface area contributed by atoms with E-state index < -0.39 is 0 Å². The molecule has 0 amide bonds. The van der Waals surface area contributed by atoms with Crippen molar-refractivity contribution < 1.29 is 0 Å². The normalized spacial score (nSPS) is 23.9. The lowest BCUT2D eigenvalue weighted by molar-refractivity contribution is 0.349. The highest BCUT2D eigenvalue weighted by molar-refractivity contribution is 6.24. The molecule has 7 heteroatoms. The fourth-order valence-corrected chi connectivity index (χ4v) is 5.02. The van der Waals surface area contributed by atoms with Crippen molar-refractivity contribution in [3.05, 3.63) is 64.8 Å². The lowest BCUT2D eigenvalue weighted by atomic mass is 9.77. The van der Waals surface area contributed by atoms with Crippen LogP contribution in [-0.4, -0.2) is 24.7 Å². The number of aryl methyl sites for hydroxylation is 2. The molecule has 1 saturated carbocycles. The maximum Gasteiger partial charge on any atom is 0.151 e. The van der Waals surface area contributed by atoms with Gasteiger partial charge in [0.05, 0.1) is 17.1 Å². The summed E-state index contributed by atoms with van der Waals surface area (Å²) in [6, 6.07) is 8.63. The molecule has 3 heterocycles. The third-order valence-electron chi connectivity index (χ3n) is 6.22. The van der Waals surface area contributed by atoms with E-state index >= 15 is 0 Å². The number of alkyl halides is 1. The molecule has 6 nitrogen and oxygen atoms in total. The molecule has 5 rings (SSSR count). The molecule has 1 fully saturated rings. The molecule has 29 heavy (non-hydrogen) atoms. The molecule has 2 aliphatic rings. The third kappa shape index (κ3) is 3.45. The molecule has 1 aromatic carbocycles. The van der Waals surface area contributed by atoms with E-state index in [-0.39, 0.29) is 4.87 Å². The molecule has 1 aliphatic heterocycles. The minimum Gasteiger partial charge on any atom is -0.306 e. The van der Waals surface area contributed by atoms with Crippen LogP contribution in [-0.2, 0) is 18.0 Å². The SMILES string of the molecule is Cc1cc(C)nc(C2CCC(Cl)(c3ccc4c(c3)CNCc3nncn3-4)CC2)n1. The van der Waals surface area contributed by atoms with E-state index in [9.17, 15) is 0 Å². The fraction of sp³-hybridized carbons (Fsp3) is 0.455. The fourth-order valence-electron chi connectivity index (χ4n) is 4.69. The summed E-state index contributed by atoms with van der Waals surface area (Å²) >= 11 is 7.19. The predicted octanol–water partition coefficient (Wildman–Crippen LogP) is 4.07. The molecule has 0 unspecified atom stereocenters. The van der Waals surface area contributed by atoms with Gasteiger partial charge in [0, 0.05) is 23.9 Å². The maximum atomic E-state index is 7.19. The molecule has 0 radical (unpaired) electrons. The van der Waals surface area contributed by atoms with Crippen molar-refractivity contribution in [3.8, 4) is 5.69 Å². The number of rotatable bonds is 2. The Morgan fingerprint density at radius 3 is 2.59 bits per heavy atom. The Kier molecular flexibility index (Phi) is 4.63. The first-order valence-corrected chi connectivity index (χ1v) is 10.6. The largest absolute Gasteiger partial charge is 0.306 e. The van der Waals surface area contributed by atoms with Crippen molar-refractivity contribution in [3.63, 3.8) is 0 Å². The Morgan fingerprint density at radius 2 is 1.83 bits per heavy atom. The van der Waals surface area contributed by atoms with Gasteiger partial charge < -0.3 is 5.32 Å². The number of halogens is 1. The minimum atomic E-state index is -0.327. The molecule has 2 aromatic heterocycles. The summed E-state index contributed by atoms with van der Waals surface area (Å²) in [6.45, 7) is 5.60. The van der Waals surface area contributed by atoms with Crippen molar-refractivity contribution >= 4 is 11.6 Å².